The molecule has 2 fully saturated rings. The van der Waals surface area contributed by atoms with Gasteiger partial charge in [-0.3, -0.25) is 14.9 Å². The molecular formula is C29H47N3O3. The largest absolute Gasteiger partial charge is 0.366 e. The van der Waals surface area contributed by atoms with Crippen molar-refractivity contribution in [3.63, 3.8) is 0 Å². The third-order valence-electron chi connectivity index (χ3n) is 5.44. The maximum Gasteiger partial charge on any atom is 0.292 e. The second kappa shape index (κ2) is 18.4. The van der Waals surface area contributed by atoms with Gasteiger partial charge in [-0.25, -0.2) is 0 Å². The van der Waals surface area contributed by atoms with Crippen LogP contribution in [0.25, 0.3) is 0 Å². The Morgan fingerprint density at radius 3 is 1.77 bits per heavy atom. The zero-order valence-corrected chi connectivity index (χ0v) is 23.3. The first-order valence-corrected chi connectivity index (χ1v) is 13.3. The van der Waals surface area contributed by atoms with Gasteiger partial charge in [-0.1, -0.05) is 65.3 Å². The first-order chi connectivity index (χ1) is 17.0. The molecule has 0 saturated carbocycles. The van der Waals surface area contributed by atoms with Crippen molar-refractivity contribution in [2.45, 2.75) is 87.5 Å². The summed E-state index contributed by atoms with van der Waals surface area (Å²) in [5, 5.41) is 11.0. The molecule has 0 atom stereocenters. The molecule has 2 aliphatic heterocycles. The summed E-state index contributed by atoms with van der Waals surface area (Å²) in [6.45, 7) is 18.7. The van der Waals surface area contributed by atoms with E-state index in [1.54, 1.807) is 6.07 Å². The van der Waals surface area contributed by atoms with E-state index >= 15 is 0 Å². The Kier molecular flexibility index (Phi) is 16.9. The van der Waals surface area contributed by atoms with Crippen molar-refractivity contribution in [3.05, 3.63) is 63.7 Å². The van der Waals surface area contributed by atoms with Gasteiger partial charge in [0.25, 0.3) is 5.69 Å². The van der Waals surface area contributed by atoms with Crippen molar-refractivity contribution in [1.29, 1.82) is 0 Å². The van der Waals surface area contributed by atoms with Gasteiger partial charge in [0.15, 0.2) is 0 Å². The number of anilines is 2. The molecule has 6 nitrogen and oxygen atoms in total. The Hall–Kier alpha value is -2.89. The summed E-state index contributed by atoms with van der Waals surface area (Å²) in [5.41, 5.74) is 4.22. The van der Waals surface area contributed by atoms with Gasteiger partial charge in [-0.05, 0) is 63.3 Å². The average molecular weight is 486 g/mol. The van der Waals surface area contributed by atoms with Gasteiger partial charge in [0.1, 0.15) is 5.69 Å². The molecule has 0 unspecified atom stereocenters. The molecule has 2 heterocycles. The molecule has 2 aliphatic rings. The van der Waals surface area contributed by atoms with Crippen LogP contribution in [0.1, 0.15) is 84.8 Å². The van der Waals surface area contributed by atoms with Gasteiger partial charge in [0.05, 0.1) is 4.92 Å². The molecule has 2 aromatic carbocycles. The van der Waals surface area contributed by atoms with Crippen LogP contribution in [0.4, 0.5) is 17.1 Å². The van der Waals surface area contributed by atoms with Crippen molar-refractivity contribution in [3.8, 4) is 0 Å². The summed E-state index contributed by atoms with van der Waals surface area (Å²) < 4.78 is 0. The smallest absolute Gasteiger partial charge is 0.292 e. The molecule has 1 amide bonds. The van der Waals surface area contributed by atoms with Gasteiger partial charge in [0, 0.05) is 37.8 Å². The SMILES string of the molecule is CC.CC.CC.Cc1ccc(N2CCCC2=O)cc1.Cc1ccc(N2CCCCC2)c([N+](=O)[O-])c1. The summed E-state index contributed by atoms with van der Waals surface area (Å²) in [4.78, 5) is 26.1. The normalized spacial score (nSPS) is 14.1. The van der Waals surface area contributed by atoms with Crippen LogP contribution in [-0.2, 0) is 4.79 Å². The van der Waals surface area contributed by atoms with Gasteiger partial charge in [0.2, 0.25) is 5.91 Å². The lowest BCUT2D eigenvalue weighted by atomic mass is 10.1. The van der Waals surface area contributed by atoms with Gasteiger partial charge >= 0.3 is 0 Å². The highest BCUT2D eigenvalue weighted by Crippen LogP contribution is 2.31. The standard InChI is InChI=1S/C12H16N2O2.C11H13NO.3C2H6/c1-10-5-6-11(12(9-10)14(15)16)13-7-3-2-4-8-13;1-9-4-6-10(7-5-9)12-8-2-3-11(12)13;3*1-2/h5-6,9H,2-4,7-8H2,1H3;4-7H,2-3,8H2,1H3;3*1-2H3. The minimum Gasteiger partial charge on any atom is -0.366 e. The van der Waals surface area contributed by atoms with Crippen molar-refractivity contribution in [1.82, 2.24) is 0 Å². The number of rotatable bonds is 3. The minimum absolute atomic E-state index is 0.238. The third kappa shape index (κ3) is 10.5. The molecule has 0 aliphatic carbocycles. The molecule has 0 aromatic heterocycles. The Morgan fingerprint density at radius 1 is 0.743 bits per heavy atom. The maximum absolute atomic E-state index is 11.4. The van der Waals surface area contributed by atoms with Crippen molar-refractivity contribution >= 4 is 23.0 Å². The number of carbonyl (C=O) groups excluding carboxylic acids is 1. The number of nitro groups is 1. The molecule has 6 heteroatoms. The highest BCUT2D eigenvalue weighted by atomic mass is 16.6. The Bertz CT molecular complexity index is 860. The van der Waals surface area contributed by atoms with Gasteiger partial charge in [-0.15, -0.1) is 0 Å². The van der Waals surface area contributed by atoms with E-state index in [0.29, 0.717) is 6.42 Å². The predicted octanol–water partition coefficient (Wildman–Crippen LogP) is 8.09. The molecule has 35 heavy (non-hydrogen) atoms. The predicted molar refractivity (Wildman–Crippen MR) is 151 cm³/mol. The van der Waals surface area contributed by atoms with Crippen LogP contribution in [0.5, 0.6) is 0 Å². The number of piperidine rings is 1. The molecule has 0 spiro atoms. The van der Waals surface area contributed by atoms with E-state index in [0.717, 1.165) is 55.8 Å². The van der Waals surface area contributed by atoms with E-state index in [1.165, 1.54) is 12.0 Å². The summed E-state index contributed by atoms with van der Waals surface area (Å²) in [5.74, 6) is 0.254. The number of hydrogen-bond acceptors (Lipinski definition) is 4. The second-order valence-electron chi connectivity index (χ2n) is 7.78. The van der Waals surface area contributed by atoms with Crippen LogP contribution in [0.15, 0.2) is 42.5 Å². The number of carbonyl (C=O) groups is 1. The van der Waals surface area contributed by atoms with Crippen LogP contribution in [0, 0.1) is 24.0 Å². The van der Waals surface area contributed by atoms with Crippen molar-refractivity contribution in [2.75, 3.05) is 29.4 Å². The van der Waals surface area contributed by atoms with Crippen LogP contribution in [0.3, 0.4) is 0 Å². The molecule has 0 bridgehead atoms. The topological polar surface area (TPSA) is 66.7 Å². The Balaban J connectivity index is 0.000000551. The third-order valence-corrected chi connectivity index (χ3v) is 5.44. The van der Waals surface area contributed by atoms with Crippen molar-refractivity contribution in [2.24, 2.45) is 0 Å². The van der Waals surface area contributed by atoms with Crippen LogP contribution < -0.4 is 9.80 Å². The van der Waals surface area contributed by atoms with E-state index in [1.807, 2.05) is 89.8 Å². The van der Waals surface area contributed by atoms with E-state index in [9.17, 15) is 14.9 Å². The molecular weight excluding hydrogens is 438 g/mol. The van der Waals surface area contributed by atoms with E-state index in [4.69, 9.17) is 0 Å². The zero-order valence-electron chi connectivity index (χ0n) is 23.3. The molecule has 4 rings (SSSR count). The van der Waals surface area contributed by atoms with E-state index in [-0.39, 0.29) is 16.5 Å². The fraction of sp³-hybridized carbons (Fsp3) is 0.552. The number of nitro benzene ring substituents is 1. The Labute approximate surface area is 213 Å². The Morgan fingerprint density at radius 2 is 1.29 bits per heavy atom. The fourth-order valence-electron chi connectivity index (χ4n) is 3.83. The molecule has 0 radical (unpaired) electrons. The molecule has 2 aromatic rings. The summed E-state index contributed by atoms with van der Waals surface area (Å²) >= 11 is 0. The van der Waals surface area contributed by atoms with E-state index in [2.05, 4.69) is 11.8 Å². The summed E-state index contributed by atoms with van der Waals surface area (Å²) in [6.07, 6.45) is 5.19. The van der Waals surface area contributed by atoms with Crippen LogP contribution >= 0.6 is 0 Å². The average Bonchev–Trinajstić information content (AvgIpc) is 3.34. The second-order valence-corrected chi connectivity index (χ2v) is 7.78. The van der Waals surface area contributed by atoms with Gasteiger partial charge in [-0.2, -0.15) is 0 Å². The van der Waals surface area contributed by atoms with Crippen LogP contribution in [-0.4, -0.2) is 30.5 Å². The zero-order chi connectivity index (χ0) is 26.8. The lowest BCUT2D eigenvalue weighted by molar-refractivity contribution is -0.384. The summed E-state index contributed by atoms with van der Waals surface area (Å²) in [7, 11) is 0. The quantitative estimate of drug-likeness (QED) is 0.325. The highest BCUT2D eigenvalue weighted by Gasteiger charge is 2.21. The fourth-order valence-corrected chi connectivity index (χ4v) is 3.83. The molecule has 0 N–H and O–H groups in total. The van der Waals surface area contributed by atoms with Crippen LogP contribution in [0.2, 0.25) is 0 Å². The minimum atomic E-state index is -0.281. The number of benzene rings is 2. The number of amides is 1. The first-order valence-electron chi connectivity index (χ1n) is 13.3. The molecule has 2 saturated heterocycles. The number of nitrogens with zero attached hydrogens (tertiary/aromatic N) is 3. The lowest BCUT2D eigenvalue weighted by Gasteiger charge is -2.28. The highest BCUT2D eigenvalue weighted by molar-refractivity contribution is 5.95. The molecule has 196 valence electrons. The van der Waals surface area contributed by atoms with Gasteiger partial charge < -0.3 is 9.80 Å². The van der Waals surface area contributed by atoms with Crippen molar-refractivity contribution < 1.29 is 9.72 Å². The summed E-state index contributed by atoms with van der Waals surface area (Å²) in [6, 6.07) is 13.6. The number of hydrogen-bond donors (Lipinski definition) is 0. The number of aryl methyl sites for hydroxylation is 2. The maximum atomic E-state index is 11.4. The first kappa shape index (κ1) is 32.1. The lowest BCUT2D eigenvalue weighted by Crippen LogP contribution is -2.29. The van der Waals surface area contributed by atoms with E-state index < -0.39 is 0 Å². The monoisotopic (exact) mass is 485 g/mol.